The first-order valence-electron chi connectivity index (χ1n) is 4.60. The Morgan fingerprint density at radius 1 is 1.08 bits per heavy atom. The normalized spacial score (nSPS) is 12.5. The maximum atomic E-state index is 11.6. The highest BCUT2D eigenvalue weighted by molar-refractivity contribution is 5.75. The molecule has 2 amide bonds. The van der Waals surface area contributed by atoms with Gasteiger partial charge in [-0.15, -0.1) is 0 Å². The Morgan fingerprint density at radius 3 is 1.69 bits per heavy atom. The first-order chi connectivity index (χ1) is 5.54. The Labute approximate surface area is 81.5 Å². The summed E-state index contributed by atoms with van der Waals surface area (Å²) >= 11 is 0. The average Bonchev–Trinajstić information content (AvgIpc) is 1.79. The third kappa shape index (κ3) is 4.76. The number of hydrogen-bond acceptors (Lipinski definition) is 1. The van der Waals surface area contributed by atoms with Gasteiger partial charge in [0, 0.05) is 18.1 Å². The predicted octanol–water partition coefficient (Wildman–Crippen LogP) is 2.22. The molecule has 0 atom stereocenters. The summed E-state index contributed by atoms with van der Waals surface area (Å²) in [6.07, 6.45) is 0. The van der Waals surface area contributed by atoms with E-state index < -0.39 is 0 Å². The lowest BCUT2D eigenvalue weighted by Crippen LogP contribution is -2.52. The lowest BCUT2D eigenvalue weighted by molar-refractivity contribution is 0.158. The van der Waals surface area contributed by atoms with Crippen LogP contribution in [0.1, 0.15) is 41.5 Å². The maximum absolute atomic E-state index is 11.6. The van der Waals surface area contributed by atoms with Crippen molar-refractivity contribution >= 4 is 6.03 Å². The van der Waals surface area contributed by atoms with Gasteiger partial charge in [-0.25, -0.2) is 4.79 Å². The molecular formula is C10H22N2O. The Hall–Kier alpha value is -0.730. The fraction of sp³-hybridized carbons (Fsp3) is 0.900. The SMILES string of the molecule is CN(C(=O)NC(C)(C)C)C(C)(C)C. The second-order valence-corrected chi connectivity index (χ2v) is 5.41. The molecule has 0 aliphatic carbocycles. The third-order valence-corrected chi connectivity index (χ3v) is 1.79. The van der Waals surface area contributed by atoms with Crippen LogP contribution in [0.2, 0.25) is 0 Å². The van der Waals surface area contributed by atoms with Crippen molar-refractivity contribution in [3.8, 4) is 0 Å². The average molecular weight is 186 g/mol. The van der Waals surface area contributed by atoms with Crippen molar-refractivity contribution in [1.29, 1.82) is 0 Å². The van der Waals surface area contributed by atoms with E-state index in [4.69, 9.17) is 0 Å². The van der Waals surface area contributed by atoms with Crippen molar-refractivity contribution in [2.75, 3.05) is 7.05 Å². The zero-order valence-corrected chi connectivity index (χ0v) is 9.86. The van der Waals surface area contributed by atoms with Crippen molar-refractivity contribution in [2.45, 2.75) is 52.6 Å². The van der Waals surface area contributed by atoms with Crippen molar-refractivity contribution in [3.05, 3.63) is 0 Å². The largest absolute Gasteiger partial charge is 0.333 e. The number of urea groups is 1. The van der Waals surface area contributed by atoms with E-state index in [1.807, 2.05) is 41.5 Å². The molecule has 1 N–H and O–H groups in total. The number of carbonyl (C=O) groups is 1. The number of nitrogens with one attached hydrogen (secondary N) is 1. The monoisotopic (exact) mass is 186 g/mol. The summed E-state index contributed by atoms with van der Waals surface area (Å²) < 4.78 is 0. The van der Waals surface area contributed by atoms with Crippen LogP contribution in [0.15, 0.2) is 0 Å². The lowest BCUT2D eigenvalue weighted by Gasteiger charge is -2.34. The summed E-state index contributed by atoms with van der Waals surface area (Å²) in [6, 6.07) is -0.0278. The molecule has 0 fully saturated rings. The van der Waals surface area contributed by atoms with Crippen molar-refractivity contribution < 1.29 is 4.79 Å². The van der Waals surface area contributed by atoms with Crippen LogP contribution in [0.4, 0.5) is 4.79 Å². The standard InChI is InChI=1S/C10H22N2O/c1-9(2,3)11-8(13)12(7)10(4,5)6/h1-7H3,(H,11,13). The summed E-state index contributed by atoms with van der Waals surface area (Å²) in [5, 5.41) is 2.91. The highest BCUT2D eigenvalue weighted by Gasteiger charge is 2.24. The third-order valence-electron chi connectivity index (χ3n) is 1.79. The quantitative estimate of drug-likeness (QED) is 0.618. The fourth-order valence-corrected chi connectivity index (χ4v) is 0.709. The van der Waals surface area contributed by atoms with E-state index in [2.05, 4.69) is 5.32 Å². The Kier molecular flexibility index (Phi) is 3.36. The van der Waals surface area contributed by atoms with Crippen LogP contribution in [-0.4, -0.2) is 29.1 Å². The van der Waals surface area contributed by atoms with Gasteiger partial charge in [0.15, 0.2) is 0 Å². The highest BCUT2D eigenvalue weighted by Crippen LogP contribution is 2.11. The molecule has 0 aliphatic rings. The number of rotatable bonds is 0. The zero-order chi connectivity index (χ0) is 10.9. The van der Waals surface area contributed by atoms with Gasteiger partial charge in [-0.05, 0) is 41.5 Å². The van der Waals surface area contributed by atoms with Gasteiger partial charge in [0.1, 0.15) is 0 Å². The van der Waals surface area contributed by atoms with Gasteiger partial charge in [-0.2, -0.15) is 0 Å². The van der Waals surface area contributed by atoms with E-state index in [9.17, 15) is 4.79 Å². The van der Waals surface area contributed by atoms with Gasteiger partial charge in [0.05, 0.1) is 0 Å². The van der Waals surface area contributed by atoms with Crippen LogP contribution >= 0.6 is 0 Å². The Balaban J connectivity index is 4.30. The first kappa shape index (κ1) is 12.3. The molecule has 3 nitrogen and oxygen atoms in total. The smallest absolute Gasteiger partial charge is 0.317 e. The summed E-state index contributed by atoms with van der Waals surface area (Å²) in [5.41, 5.74) is -0.300. The van der Waals surface area contributed by atoms with E-state index in [0.29, 0.717) is 0 Å². The lowest BCUT2D eigenvalue weighted by atomic mass is 10.1. The van der Waals surface area contributed by atoms with Crippen LogP contribution in [0.3, 0.4) is 0 Å². The molecule has 13 heavy (non-hydrogen) atoms. The molecule has 0 unspecified atom stereocenters. The molecule has 0 saturated heterocycles. The van der Waals surface area contributed by atoms with E-state index in [1.165, 1.54) is 0 Å². The maximum Gasteiger partial charge on any atom is 0.317 e. The summed E-state index contributed by atoms with van der Waals surface area (Å²) in [6.45, 7) is 11.9. The molecule has 0 radical (unpaired) electrons. The van der Waals surface area contributed by atoms with Crippen LogP contribution < -0.4 is 5.32 Å². The van der Waals surface area contributed by atoms with E-state index in [0.717, 1.165) is 0 Å². The first-order valence-corrected chi connectivity index (χ1v) is 4.60. The van der Waals surface area contributed by atoms with Crippen molar-refractivity contribution in [2.24, 2.45) is 0 Å². The molecule has 0 saturated carbocycles. The van der Waals surface area contributed by atoms with E-state index >= 15 is 0 Å². The molecular weight excluding hydrogens is 164 g/mol. The topological polar surface area (TPSA) is 32.3 Å². The molecule has 0 rings (SSSR count). The van der Waals surface area contributed by atoms with Crippen molar-refractivity contribution in [1.82, 2.24) is 10.2 Å². The van der Waals surface area contributed by atoms with Gasteiger partial charge in [0.2, 0.25) is 0 Å². The van der Waals surface area contributed by atoms with Gasteiger partial charge >= 0.3 is 6.03 Å². The molecule has 0 aromatic carbocycles. The van der Waals surface area contributed by atoms with Gasteiger partial charge in [-0.1, -0.05) is 0 Å². The van der Waals surface area contributed by atoms with Crippen LogP contribution in [-0.2, 0) is 0 Å². The number of hydrogen-bond donors (Lipinski definition) is 1. The molecule has 0 aliphatic heterocycles. The summed E-state index contributed by atoms with van der Waals surface area (Å²) in [4.78, 5) is 13.3. The van der Waals surface area contributed by atoms with E-state index in [-0.39, 0.29) is 17.1 Å². The molecule has 0 aromatic heterocycles. The number of amides is 2. The second kappa shape index (κ2) is 3.56. The number of nitrogens with zero attached hydrogens (tertiary/aromatic N) is 1. The van der Waals surface area contributed by atoms with Crippen molar-refractivity contribution in [3.63, 3.8) is 0 Å². The van der Waals surface area contributed by atoms with Gasteiger partial charge < -0.3 is 10.2 Å². The van der Waals surface area contributed by atoms with Gasteiger partial charge in [0.25, 0.3) is 0 Å². The minimum absolute atomic E-state index is 0.0278. The van der Waals surface area contributed by atoms with E-state index in [1.54, 1.807) is 11.9 Å². The van der Waals surface area contributed by atoms with Gasteiger partial charge in [-0.3, -0.25) is 0 Å². The summed E-state index contributed by atoms with van der Waals surface area (Å²) in [5.74, 6) is 0. The minimum atomic E-state index is -0.170. The zero-order valence-electron chi connectivity index (χ0n) is 9.86. The molecule has 3 heteroatoms. The number of carbonyl (C=O) groups excluding carboxylic acids is 1. The summed E-state index contributed by atoms with van der Waals surface area (Å²) in [7, 11) is 1.81. The van der Waals surface area contributed by atoms with Crippen LogP contribution in [0.25, 0.3) is 0 Å². The molecule has 0 bridgehead atoms. The predicted molar refractivity (Wildman–Crippen MR) is 55.8 cm³/mol. The fourth-order valence-electron chi connectivity index (χ4n) is 0.709. The minimum Gasteiger partial charge on any atom is -0.333 e. The highest BCUT2D eigenvalue weighted by atomic mass is 16.2. The molecule has 0 aromatic rings. The Morgan fingerprint density at radius 2 is 1.46 bits per heavy atom. The molecule has 78 valence electrons. The Bertz CT molecular complexity index is 186. The molecule has 0 heterocycles. The van der Waals surface area contributed by atoms with Crippen LogP contribution in [0.5, 0.6) is 0 Å². The second-order valence-electron chi connectivity index (χ2n) is 5.41. The van der Waals surface area contributed by atoms with Crippen LogP contribution in [0, 0.1) is 0 Å². The molecule has 0 spiro atoms.